The SMILES string of the molecule is CCOc1cc(/C=C2\C(=O)NC(=O)N(c3ccc(OCc4ccccc4Cl)cc3)C2=O)cc(Br)c1OCc1ccc(F)cc1. The van der Waals surface area contributed by atoms with Crippen molar-refractivity contribution >= 4 is 57.1 Å². The van der Waals surface area contributed by atoms with E-state index in [4.69, 9.17) is 25.8 Å². The normalized spacial score (nSPS) is 14.0. The highest BCUT2D eigenvalue weighted by Crippen LogP contribution is 2.38. The summed E-state index contributed by atoms with van der Waals surface area (Å²) in [5.74, 6) is -0.720. The van der Waals surface area contributed by atoms with Crippen LogP contribution in [-0.4, -0.2) is 24.5 Å². The lowest BCUT2D eigenvalue weighted by Crippen LogP contribution is -2.54. The van der Waals surface area contributed by atoms with E-state index in [0.29, 0.717) is 38.9 Å². The van der Waals surface area contributed by atoms with Gasteiger partial charge in [-0.2, -0.15) is 0 Å². The number of rotatable bonds is 10. The molecule has 44 heavy (non-hydrogen) atoms. The average molecular weight is 680 g/mol. The molecule has 4 amide bonds. The molecule has 0 atom stereocenters. The minimum absolute atomic E-state index is 0.154. The van der Waals surface area contributed by atoms with Gasteiger partial charge in [-0.25, -0.2) is 14.1 Å². The molecule has 1 saturated heterocycles. The van der Waals surface area contributed by atoms with Crippen LogP contribution in [0.1, 0.15) is 23.6 Å². The Morgan fingerprint density at radius 3 is 2.34 bits per heavy atom. The highest BCUT2D eigenvalue weighted by molar-refractivity contribution is 9.10. The van der Waals surface area contributed by atoms with Gasteiger partial charge in [0.05, 0.1) is 16.8 Å². The Hall–Kier alpha value is -4.67. The third kappa shape index (κ3) is 7.10. The van der Waals surface area contributed by atoms with Gasteiger partial charge in [0.25, 0.3) is 11.8 Å². The molecule has 224 valence electrons. The van der Waals surface area contributed by atoms with Crippen LogP contribution in [0.3, 0.4) is 0 Å². The summed E-state index contributed by atoms with van der Waals surface area (Å²) in [6.45, 7) is 2.51. The molecular formula is C33H25BrClFN2O6. The zero-order chi connectivity index (χ0) is 31.2. The lowest BCUT2D eigenvalue weighted by Gasteiger charge is -2.26. The molecule has 0 unspecified atom stereocenters. The first-order valence-electron chi connectivity index (χ1n) is 13.4. The van der Waals surface area contributed by atoms with E-state index in [0.717, 1.165) is 16.0 Å². The maximum atomic E-state index is 13.5. The number of halogens is 3. The predicted octanol–water partition coefficient (Wildman–Crippen LogP) is 7.46. The number of carbonyl (C=O) groups excluding carboxylic acids is 3. The zero-order valence-electron chi connectivity index (χ0n) is 23.3. The number of anilines is 1. The summed E-state index contributed by atoms with van der Waals surface area (Å²) in [5, 5.41) is 2.80. The molecule has 0 radical (unpaired) electrons. The first kappa shape index (κ1) is 30.8. The zero-order valence-corrected chi connectivity index (χ0v) is 25.7. The van der Waals surface area contributed by atoms with Crippen molar-refractivity contribution in [2.75, 3.05) is 11.5 Å². The number of amides is 4. The predicted molar refractivity (Wildman–Crippen MR) is 167 cm³/mol. The molecule has 0 aliphatic carbocycles. The van der Waals surface area contributed by atoms with Crippen molar-refractivity contribution in [2.24, 2.45) is 0 Å². The second-order valence-corrected chi connectivity index (χ2v) is 10.8. The Kier molecular flexibility index (Phi) is 9.62. The number of urea groups is 1. The maximum Gasteiger partial charge on any atom is 0.335 e. The summed E-state index contributed by atoms with van der Waals surface area (Å²) in [6, 6.07) is 21.9. The summed E-state index contributed by atoms with van der Waals surface area (Å²) >= 11 is 9.67. The second kappa shape index (κ2) is 13.7. The Bertz CT molecular complexity index is 1740. The molecular weight excluding hydrogens is 655 g/mol. The lowest BCUT2D eigenvalue weighted by atomic mass is 10.1. The number of imide groups is 2. The minimum atomic E-state index is -0.873. The van der Waals surface area contributed by atoms with Crippen LogP contribution in [0.15, 0.2) is 95.0 Å². The second-order valence-electron chi connectivity index (χ2n) is 9.51. The van der Waals surface area contributed by atoms with E-state index in [1.807, 2.05) is 18.2 Å². The summed E-state index contributed by atoms with van der Waals surface area (Å²) in [7, 11) is 0. The van der Waals surface area contributed by atoms with Crippen molar-refractivity contribution in [3.05, 3.63) is 123 Å². The molecule has 11 heteroatoms. The van der Waals surface area contributed by atoms with E-state index in [2.05, 4.69) is 21.2 Å². The van der Waals surface area contributed by atoms with Crippen LogP contribution in [0.4, 0.5) is 14.9 Å². The summed E-state index contributed by atoms with van der Waals surface area (Å²) in [4.78, 5) is 39.8. The van der Waals surface area contributed by atoms with Gasteiger partial charge in [-0.15, -0.1) is 0 Å². The smallest absolute Gasteiger partial charge is 0.335 e. The topological polar surface area (TPSA) is 94.2 Å². The van der Waals surface area contributed by atoms with Crippen molar-refractivity contribution in [1.82, 2.24) is 5.32 Å². The number of carbonyl (C=O) groups is 3. The number of ether oxygens (including phenoxy) is 3. The van der Waals surface area contributed by atoms with E-state index in [9.17, 15) is 18.8 Å². The Morgan fingerprint density at radius 1 is 0.909 bits per heavy atom. The molecule has 1 N–H and O–H groups in total. The maximum absolute atomic E-state index is 13.5. The van der Waals surface area contributed by atoms with Crippen LogP contribution in [0.25, 0.3) is 6.08 Å². The molecule has 0 aromatic heterocycles. The molecule has 5 rings (SSSR count). The Balaban J connectivity index is 1.36. The number of nitrogens with one attached hydrogen (secondary N) is 1. The van der Waals surface area contributed by atoms with Crippen LogP contribution < -0.4 is 24.4 Å². The van der Waals surface area contributed by atoms with Gasteiger partial charge in [0.1, 0.15) is 30.4 Å². The highest BCUT2D eigenvalue weighted by Gasteiger charge is 2.37. The van der Waals surface area contributed by atoms with Gasteiger partial charge in [-0.05, 0) is 94.7 Å². The first-order valence-corrected chi connectivity index (χ1v) is 14.6. The standard InChI is InChI=1S/C33H25BrClFN2O6/c1-2-42-29-17-21(16-27(34)30(29)44-18-20-7-9-23(36)10-8-20)15-26-31(39)37-33(41)38(32(26)40)24-11-13-25(14-12-24)43-19-22-5-3-4-6-28(22)35/h3-17H,2,18-19H2,1H3,(H,37,39,41)/b26-15+. The molecule has 0 bridgehead atoms. The molecule has 0 saturated carbocycles. The van der Waals surface area contributed by atoms with Crippen LogP contribution in [0, 0.1) is 5.82 Å². The minimum Gasteiger partial charge on any atom is -0.490 e. The lowest BCUT2D eigenvalue weighted by molar-refractivity contribution is -0.122. The molecule has 1 heterocycles. The van der Waals surface area contributed by atoms with E-state index >= 15 is 0 Å². The van der Waals surface area contributed by atoms with Crippen LogP contribution in [0.2, 0.25) is 5.02 Å². The molecule has 1 aliphatic heterocycles. The van der Waals surface area contributed by atoms with Crippen molar-refractivity contribution < 1.29 is 33.0 Å². The van der Waals surface area contributed by atoms with Gasteiger partial charge in [0.2, 0.25) is 0 Å². The fraction of sp³-hybridized carbons (Fsp3) is 0.121. The Labute approximate surface area is 266 Å². The first-order chi connectivity index (χ1) is 21.2. The van der Waals surface area contributed by atoms with Crippen LogP contribution in [0.5, 0.6) is 17.2 Å². The quantitative estimate of drug-likeness (QED) is 0.138. The van der Waals surface area contributed by atoms with Gasteiger partial charge in [-0.1, -0.05) is 41.9 Å². The fourth-order valence-electron chi connectivity index (χ4n) is 4.34. The number of hydrogen-bond donors (Lipinski definition) is 1. The van der Waals surface area contributed by atoms with Gasteiger partial charge in [0.15, 0.2) is 11.5 Å². The third-order valence-corrected chi connectivity index (χ3v) is 7.45. The number of barbiturate groups is 1. The van der Waals surface area contributed by atoms with Crippen molar-refractivity contribution in [1.29, 1.82) is 0 Å². The molecule has 4 aromatic rings. The monoisotopic (exact) mass is 678 g/mol. The largest absolute Gasteiger partial charge is 0.490 e. The van der Waals surface area contributed by atoms with Crippen LogP contribution >= 0.6 is 27.5 Å². The van der Waals surface area contributed by atoms with E-state index < -0.39 is 17.8 Å². The van der Waals surface area contributed by atoms with E-state index in [1.165, 1.54) is 18.2 Å². The Morgan fingerprint density at radius 2 is 1.64 bits per heavy atom. The van der Waals surface area contributed by atoms with Gasteiger partial charge < -0.3 is 14.2 Å². The summed E-state index contributed by atoms with van der Waals surface area (Å²) in [5.41, 5.74) is 2.00. The summed E-state index contributed by atoms with van der Waals surface area (Å²) in [6.07, 6.45) is 1.37. The number of nitrogens with zero attached hydrogens (tertiary/aromatic N) is 1. The third-order valence-electron chi connectivity index (χ3n) is 6.49. The van der Waals surface area contributed by atoms with Crippen molar-refractivity contribution in [2.45, 2.75) is 20.1 Å². The number of hydrogen-bond acceptors (Lipinski definition) is 6. The van der Waals surface area contributed by atoms with E-state index in [-0.39, 0.29) is 30.3 Å². The van der Waals surface area contributed by atoms with Crippen molar-refractivity contribution in [3.63, 3.8) is 0 Å². The fourth-order valence-corrected chi connectivity index (χ4v) is 5.10. The average Bonchev–Trinajstić information content (AvgIpc) is 3.00. The highest BCUT2D eigenvalue weighted by atomic mass is 79.9. The molecule has 8 nitrogen and oxygen atoms in total. The van der Waals surface area contributed by atoms with Gasteiger partial charge in [0, 0.05) is 10.6 Å². The molecule has 1 aliphatic rings. The van der Waals surface area contributed by atoms with Crippen LogP contribution in [-0.2, 0) is 22.8 Å². The summed E-state index contributed by atoms with van der Waals surface area (Å²) < 4.78 is 31.3. The number of benzene rings is 4. The van der Waals surface area contributed by atoms with Gasteiger partial charge in [-0.3, -0.25) is 14.9 Å². The molecule has 0 spiro atoms. The van der Waals surface area contributed by atoms with Crippen molar-refractivity contribution in [3.8, 4) is 17.2 Å². The molecule has 4 aromatic carbocycles. The van der Waals surface area contributed by atoms with Gasteiger partial charge >= 0.3 is 6.03 Å². The molecule has 1 fully saturated rings. The van der Waals surface area contributed by atoms with E-state index in [1.54, 1.807) is 61.5 Å².